The maximum Gasteiger partial charge on any atom is 0.256 e. The lowest BCUT2D eigenvalue weighted by atomic mass is 9.97. The largest absolute Gasteiger partial charge is 0.355 e. The lowest BCUT2D eigenvalue weighted by Gasteiger charge is -2.35. The number of likely N-dealkylation sites (tertiary alicyclic amines) is 1. The van der Waals surface area contributed by atoms with Crippen LogP contribution in [0.1, 0.15) is 63.7 Å². The van der Waals surface area contributed by atoms with E-state index in [1.807, 2.05) is 30.2 Å². The second-order valence-corrected chi connectivity index (χ2v) is 11.1. The summed E-state index contributed by atoms with van der Waals surface area (Å²) in [6.45, 7) is 4.30. The summed E-state index contributed by atoms with van der Waals surface area (Å²) in [5.74, 6) is 0.452. The maximum atomic E-state index is 14.0. The fourth-order valence-electron chi connectivity index (χ4n) is 5.71. The van der Waals surface area contributed by atoms with E-state index in [1.54, 1.807) is 47.0 Å². The molecule has 6 rings (SSSR count). The predicted octanol–water partition coefficient (Wildman–Crippen LogP) is 4.85. The number of anilines is 2. The van der Waals surface area contributed by atoms with Gasteiger partial charge in [0.05, 0.1) is 23.0 Å². The quantitative estimate of drug-likeness (QED) is 0.363. The van der Waals surface area contributed by atoms with Crippen molar-refractivity contribution in [1.82, 2.24) is 19.5 Å². The Morgan fingerprint density at radius 3 is 2.65 bits per heavy atom. The number of rotatable bonds is 5. The van der Waals surface area contributed by atoms with Gasteiger partial charge in [-0.1, -0.05) is 29.8 Å². The van der Waals surface area contributed by atoms with Crippen LogP contribution in [0.5, 0.6) is 0 Å². The number of halogens is 1. The first-order chi connectivity index (χ1) is 19.4. The number of piperidine rings is 1. The predicted molar refractivity (Wildman–Crippen MR) is 156 cm³/mol. The molecule has 0 radical (unpaired) electrons. The number of nitrogens with zero attached hydrogens (tertiary/aromatic N) is 5. The molecule has 2 aromatic carbocycles. The van der Waals surface area contributed by atoms with Crippen LogP contribution in [0.2, 0.25) is 5.02 Å². The van der Waals surface area contributed by atoms with Gasteiger partial charge in [0.1, 0.15) is 5.82 Å². The topological polar surface area (TPSA) is 109 Å². The fourth-order valence-corrected chi connectivity index (χ4v) is 5.88. The highest BCUT2D eigenvalue weighted by Gasteiger charge is 2.32. The third-order valence-electron chi connectivity index (χ3n) is 7.75. The van der Waals surface area contributed by atoms with Crippen molar-refractivity contribution in [3.05, 3.63) is 88.2 Å². The van der Waals surface area contributed by atoms with Crippen LogP contribution in [0.4, 0.5) is 11.5 Å². The summed E-state index contributed by atoms with van der Waals surface area (Å²) in [5.41, 5.74) is 10.0. The molecular weight excluding hydrogens is 526 g/mol. The van der Waals surface area contributed by atoms with Crippen LogP contribution in [-0.2, 0) is 0 Å². The van der Waals surface area contributed by atoms with Crippen LogP contribution < -0.4 is 16.0 Å². The first-order valence-corrected chi connectivity index (χ1v) is 14.1. The molecule has 2 aliphatic rings. The third-order valence-corrected chi connectivity index (χ3v) is 7.98. The van der Waals surface area contributed by atoms with E-state index in [0.29, 0.717) is 28.4 Å². The summed E-state index contributed by atoms with van der Waals surface area (Å²) in [5, 5.41) is 8.19. The first-order valence-electron chi connectivity index (χ1n) is 13.7. The van der Waals surface area contributed by atoms with Crippen molar-refractivity contribution in [3.8, 4) is 0 Å². The molecular formula is C30H32ClN7O2. The zero-order chi connectivity index (χ0) is 27.8. The standard InChI is InChI=1S/C30H32ClN7O2/c1-19-17-38-27(34-28(19)36-14-12-22(32)18-36)16-25(35-38)26-9-5-6-13-37(26)30(40)23-15-21(31)10-11-24(23)33-29(39)20-7-3-2-4-8-20/h2-4,7-8,10-11,15-17,22,26H,5-6,9,12-14,18,32H2,1H3,(H,33,39)/t22?,26-/m0/s1. The molecule has 40 heavy (non-hydrogen) atoms. The Kier molecular flexibility index (Phi) is 7.16. The van der Waals surface area contributed by atoms with Crippen LogP contribution in [0, 0.1) is 6.92 Å². The second-order valence-electron chi connectivity index (χ2n) is 10.6. The number of aryl methyl sites for hydroxylation is 1. The van der Waals surface area contributed by atoms with E-state index in [4.69, 9.17) is 27.4 Å². The number of carbonyl (C=O) groups excluding carboxylic acids is 2. The Labute approximate surface area is 237 Å². The molecule has 2 atom stereocenters. The van der Waals surface area contributed by atoms with Gasteiger partial charge in [-0.2, -0.15) is 5.10 Å². The Morgan fingerprint density at radius 2 is 1.88 bits per heavy atom. The Balaban J connectivity index is 1.30. The van der Waals surface area contributed by atoms with Gasteiger partial charge >= 0.3 is 0 Å². The summed E-state index contributed by atoms with van der Waals surface area (Å²) in [6.07, 6.45) is 5.60. The molecule has 0 saturated carbocycles. The smallest absolute Gasteiger partial charge is 0.256 e. The number of benzene rings is 2. The molecule has 2 saturated heterocycles. The highest BCUT2D eigenvalue weighted by atomic mass is 35.5. The van der Waals surface area contributed by atoms with E-state index in [2.05, 4.69) is 10.2 Å². The Hall–Kier alpha value is -3.95. The minimum atomic E-state index is -0.288. The van der Waals surface area contributed by atoms with Gasteiger partial charge in [-0.05, 0) is 62.9 Å². The SMILES string of the molecule is Cc1cn2nc([C@@H]3CCCCN3C(=O)c3cc(Cl)ccc3NC(=O)c3ccccc3)cc2nc1N1CCC(N)C1. The number of fused-ring (bicyclic) bond motifs is 1. The van der Waals surface area contributed by atoms with Crippen molar-refractivity contribution >= 4 is 40.6 Å². The molecule has 0 aliphatic carbocycles. The molecule has 1 unspecified atom stereocenters. The van der Waals surface area contributed by atoms with E-state index in [1.165, 1.54) is 0 Å². The maximum absolute atomic E-state index is 14.0. The van der Waals surface area contributed by atoms with Gasteiger partial charge in [0.2, 0.25) is 0 Å². The lowest BCUT2D eigenvalue weighted by Crippen LogP contribution is -2.39. The highest BCUT2D eigenvalue weighted by molar-refractivity contribution is 6.31. The third kappa shape index (κ3) is 5.14. The molecule has 4 heterocycles. The minimum absolute atomic E-state index is 0.161. The van der Waals surface area contributed by atoms with Gasteiger partial charge < -0.3 is 20.9 Å². The summed E-state index contributed by atoms with van der Waals surface area (Å²) < 4.78 is 1.80. The van der Waals surface area contributed by atoms with Gasteiger partial charge in [-0.15, -0.1) is 0 Å². The van der Waals surface area contributed by atoms with Crippen molar-refractivity contribution in [2.75, 3.05) is 29.9 Å². The van der Waals surface area contributed by atoms with E-state index < -0.39 is 0 Å². The zero-order valence-corrected chi connectivity index (χ0v) is 23.1. The number of amides is 2. The van der Waals surface area contributed by atoms with E-state index in [0.717, 1.165) is 61.5 Å². The van der Waals surface area contributed by atoms with Crippen LogP contribution in [0.3, 0.4) is 0 Å². The minimum Gasteiger partial charge on any atom is -0.355 e. The van der Waals surface area contributed by atoms with E-state index in [9.17, 15) is 9.59 Å². The van der Waals surface area contributed by atoms with Crippen LogP contribution in [0.25, 0.3) is 5.65 Å². The summed E-state index contributed by atoms with van der Waals surface area (Å²) >= 11 is 6.33. The van der Waals surface area contributed by atoms with Gasteiger partial charge in [0.25, 0.3) is 11.8 Å². The molecule has 0 spiro atoms. The average Bonchev–Trinajstić information content (AvgIpc) is 3.59. The summed E-state index contributed by atoms with van der Waals surface area (Å²) in [6, 6.07) is 15.8. The molecule has 4 aromatic rings. The molecule has 3 N–H and O–H groups in total. The number of nitrogens with one attached hydrogen (secondary N) is 1. The van der Waals surface area contributed by atoms with E-state index in [-0.39, 0.29) is 23.9 Å². The number of carbonyl (C=O) groups is 2. The van der Waals surface area contributed by atoms with E-state index >= 15 is 0 Å². The molecule has 2 amide bonds. The van der Waals surface area contributed by atoms with Crippen LogP contribution in [0.15, 0.2) is 60.8 Å². The lowest BCUT2D eigenvalue weighted by molar-refractivity contribution is 0.0607. The average molecular weight is 558 g/mol. The Bertz CT molecular complexity index is 1570. The molecule has 2 fully saturated rings. The number of hydrogen-bond acceptors (Lipinski definition) is 6. The first kappa shape index (κ1) is 26.3. The molecule has 2 aromatic heterocycles. The normalized spacial score (nSPS) is 19.3. The summed E-state index contributed by atoms with van der Waals surface area (Å²) in [4.78, 5) is 36.0. The number of hydrogen-bond donors (Lipinski definition) is 2. The van der Waals surface area contributed by atoms with Crippen molar-refractivity contribution in [2.24, 2.45) is 5.73 Å². The van der Waals surface area contributed by atoms with Crippen LogP contribution >= 0.6 is 11.6 Å². The van der Waals surface area contributed by atoms with Crippen molar-refractivity contribution in [2.45, 2.75) is 44.7 Å². The monoisotopic (exact) mass is 557 g/mol. The van der Waals surface area contributed by atoms with Crippen molar-refractivity contribution < 1.29 is 9.59 Å². The molecule has 10 heteroatoms. The van der Waals surface area contributed by atoms with Crippen molar-refractivity contribution in [3.63, 3.8) is 0 Å². The summed E-state index contributed by atoms with van der Waals surface area (Å²) in [7, 11) is 0. The van der Waals surface area contributed by atoms with Gasteiger partial charge in [-0.25, -0.2) is 9.50 Å². The van der Waals surface area contributed by atoms with Crippen LogP contribution in [-0.4, -0.2) is 57.0 Å². The Morgan fingerprint density at radius 1 is 1.05 bits per heavy atom. The molecule has 206 valence electrons. The van der Waals surface area contributed by atoms with Gasteiger partial charge in [0.15, 0.2) is 5.65 Å². The molecule has 9 nitrogen and oxygen atoms in total. The second kappa shape index (κ2) is 10.9. The highest BCUT2D eigenvalue weighted by Crippen LogP contribution is 2.34. The fraction of sp³-hybridized carbons (Fsp3) is 0.333. The van der Waals surface area contributed by atoms with Gasteiger partial charge in [0, 0.05) is 54.1 Å². The van der Waals surface area contributed by atoms with Crippen molar-refractivity contribution in [1.29, 1.82) is 0 Å². The number of aromatic nitrogens is 3. The number of nitrogens with two attached hydrogens (primary N) is 1. The van der Waals surface area contributed by atoms with Gasteiger partial charge in [-0.3, -0.25) is 9.59 Å². The zero-order valence-electron chi connectivity index (χ0n) is 22.4. The molecule has 0 bridgehead atoms. The molecule has 2 aliphatic heterocycles.